The fourth-order valence-corrected chi connectivity index (χ4v) is 4.03. The molecule has 0 bridgehead atoms. The Balaban J connectivity index is 2.58. The van der Waals surface area contributed by atoms with Crippen LogP contribution in [0.2, 0.25) is 0 Å². The van der Waals surface area contributed by atoms with Gasteiger partial charge >= 0.3 is 6.09 Å². The van der Waals surface area contributed by atoms with Crippen molar-refractivity contribution in [1.29, 1.82) is 5.26 Å². The Bertz CT molecular complexity index is 1200. The van der Waals surface area contributed by atoms with Gasteiger partial charge in [-0.05, 0) is 68.9 Å². The number of benzene rings is 2. The smallest absolute Gasteiger partial charge is 0.408 e. The van der Waals surface area contributed by atoms with Crippen LogP contribution in [0.15, 0.2) is 49.0 Å². The summed E-state index contributed by atoms with van der Waals surface area (Å²) in [5.74, 6) is -1.40. The molecular formula is C30H38N4O4. The molecule has 3 amide bonds. The number of carbonyl (C=O) groups is 3. The first kappa shape index (κ1) is 30.1. The lowest BCUT2D eigenvalue weighted by atomic mass is 9.97. The lowest BCUT2D eigenvalue weighted by Gasteiger charge is -2.34. The lowest BCUT2D eigenvalue weighted by molar-refractivity contribution is -0.140. The molecule has 0 fully saturated rings. The highest BCUT2D eigenvalue weighted by Crippen LogP contribution is 2.28. The molecule has 2 N–H and O–H groups in total. The fraction of sp³-hybridized carbons (Fsp3) is 0.400. The highest BCUT2D eigenvalue weighted by Gasteiger charge is 2.37. The monoisotopic (exact) mass is 518 g/mol. The Kier molecular flexibility index (Phi) is 10.2. The van der Waals surface area contributed by atoms with Gasteiger partial charge in [-0.1, -0.05) is 62.9 Å². The van der Waals surface area contributed by atoms with Crippen LogP contribution in [0.1, 0.15) is 62.9 Å². The van der Waals surface area contributed by atoms with E-state index in [1.165, 1.54) is 4.90 Å². The van der Waals surface area contributed by atoms with Gasteiger partial charge in [0.15, 0.2) is 0 Å². The maximum Gasteiger partial charge on any atom is 0.408 e. The van der Waals surface area contributed by atoms with E-state index in [-0.39, 0.29) is 12.5 Å². The molecule has 0 radical (unpaired) electrons. The third-order valence-corrected chi connectivity index (χ3v) is 5.88. The zero-order valence-electron chi connectivity index (χ0n) is 23.3. The number of carbonyl (C=O) groups excluding carboxylic acids is 3. The molecule has 8 heteroatoms. The van der Waals surface area contributed by atoms with Crippen LogP contribution in [0.5, 0.6) is 0 Å². The molecule has 0 saturated carbocycles. The van der Waals surface area contributed by atoms with E-state index in [4.69, 9.17) is 4.74 Å². The Morgan fingerprint density at radius 1 is 1.11 bits per heavy atom. The van der Waals surface area contributed by atoms with Gasteiger partial charge in [-0.3, -0.25) is 9.59 Å². The van der Waals surface area contributed by atoms with Crippen molar-refractivity contribution >= 4 is 29.7 Å². The van der Waals surface area contributed by atoms with Crippen LogP contribution in [-0.2, 0) is 14.3 Å². The van der Waals surface area contributed by atoms with Crippen molar-refractivity contribution in [2.75, 3.05) is 11.9 Å². The number of nitriles is 1. The molecule has 0 aliphatic heterocycles. The first-order valence-electron chi connectivity index (χ1n) is 12.6. The van der Waals surface area contributed by atoms with Gasteiger partial charge in [0.05, 0.1) is 6.07 Å². The van der Waals surface area contributed by atoms with Crippen LogP contribution in [0.3, 0.4) is 0 Å². The number of hydrogen-bond donors (Lipinski definition) is 2. The van der Waals surface area contributed by atoms with E-state index in [2.05, 4.69) is 17.2 Å². The summed E-state index contributed by atoms with van der Waals surface area (Å²) in [6.07, 6.45) is 0.883. The standard InChI is InChI=1S/C30H38N4O4/c1-9-22-14-11-15-23(18-22)26(27(35)32-25-20(4)12-10-13-21(25)5)34(17-16-31)28(36)24(19(2)3)33-29(37)38-30(6,7)8/h9-15,18-19,24,26H,1,17H2,2-8H3,(H,32,35)(H,33,37). The molecule has 0 aliphatic carbocycles. The van der Waals surface area contributed by atoms with Gasteiger partial charge in [-0.15, -0.1) is 0 Å². The van der Waals surface area contributed by atoms with Crippen molar-refractivity contribution < 1.29 is 19.1 Å². The third kappa shape index (κ3) is 7.94. The summed E-state index contributed by atoms with van der Waals surface area (Å²) in [6.45, 7) is 15.9. The Hall–Kier alpha value is -4.12. The van der Waals surface area contributed by atoms with Crippen LogP contribution in [0.25, 0.3) is 6.08 Å². The Morgan fingerprint density at radius 3 is 2.24 bits per heavy atom. The van der Waals surface area contributed by atoms with Gasteiger partial charge in [0.25, 0.3) is 5.91 Å². The predicted octanol–water partition coefficient (Wildman–Crippen LogP) is 5.53. The Labute approximate surface area is 225 Å². The molecule has 2 aromatic carbocycles. The molecule has 2 unspecified atom stereocenters. The second kappa shape index (κ2) is 12.9. The van der Waals surface area contributed by atoms with Gasteiger partial charge in [-0.2, -0.15) is 5.26 Å². The van der Waals surface area contributed by atoms with Gasteiger partial charge in [0.2, 0.25) is 5.91 Å². The van der Waals surface area contributed by atoms with E-state index in [0.29, 0.717) is 11.3 Å². The number of rotatable bonds is 9. The van der Waals surface area contributed by atoms with E-state index < -0.39 is 35.6 Å². The molecule has 8 nitrogen and oxygen atoms in total. The largest absolute Gasteiger partial charge is 0.444 e. The first-order chi connectivity index (χ1) is 17.8. The minimum absolute atomic E-state index is 0.349. The van der Waals surface area contributed by atoms with E-state index in [1.54, 1.807) is 58.9 Å². The quantitative estimate of drug-likeness (QED) is 0.424. The SMILES string of the molecule is C=Cc1cccc(C(C(=O)Nc2c(C)cccc2C)N(CC#N)C(=O)C(NC(=O)OC(C)(C)C)C(C)C)c1. The maximum absolute atomic E-state index is 13.9. The van der Waals surface area contributed by atoms with Crippen molar-refractivity contribution in [2.45, 2.75) is 66.2 Å². The lowest BCUT2D eigenvalue weighted by Crippen LogP contribution is -2.54. The summed E-state index contributed by atoms with van der Waals surface area (Å²) >= 11 is 0. The molecular weight excluding hydrogens is 480 g/mol. The zero-order valence-corrected chi connectivity index (χ0v) is 23.3. The summed E-state index contributed by atoms with van der Waals surface area (Å²) < 4.78 is 5.36. The highest BCUT2D eigenvalue weighted by molar-refractivity contribution is 6.00. The van der Waals surface area contributed by atoms with Crippen LogP contribution in [0, 0.1) is 31.1 Å². The molecule has 2 atom stereocenters. The highest BCUT2D eigenvalue weighted by atomic mass is 16.6. The minimum atomic E-state index is -1.15. The molecule has 202 valence electrons. The van der Waals surface area contributed by atoms with Gasteiger partial charge < -0.3 is 20.3 Å². The van der Waals surface area contributed by atoms with Crippen molar-refractivity contribution in [1.82, 2.24) is 10.2 Å². The van der Waals surface area contributed by atoms with Gasteiger partial charge in [-0.25, -0.2) is 4.79 Å². The number of amides is 3. The van der Waals surface area contributed by atoms with Gasteiger partial charge in [0, 0.05) is 5.69 Å². The summed E-state index contributed by atoms with van der Waals surface area (Å²) in [4.78, 5) is 41.6. The second-order valence-electron chi connectivity index (χ2n) is 10.5. The number of aryl methyl sites for hydroxylation is 2. The van der Waals surface area contributed by atoms with Crippen molar-refractivity contribution in [2.24, 2.45) is 5.92 Å². The first-order valence-corrected chi connectivity index (χ1v) is 12.6. The molecule has 0 saturated heterocycles. The van der Waals surface area contributed by atoms with E-state index in [9.17, 15) is 19.6 Å². The van der Waals surface area contributed by atoms with E-state index in [1.807, 2.05) is 44.2 Å². The summed E-state index contributed by atoms with van der Waals surface area (Å²) in [5.41, 5.74) is 2.86. The summed E-state index contributed by atoms with van der Waals surface area (Å²) in [5, 5.41) is 15.3. The van der Waals surface area contributed by atoms with E-state index >= 15 is 0 Å². The normalized spacial score (nSPS) is 12.6. The van der Waals surface area contributed by atoms with Crippen molar-refractivity contribution in [3.63, 3.8) is 0 Å². The predicted molar refractivity (Wildman–Crippen MR) is 149 cm³/mol. The maximum atomic E-state index is 13.9. The number of hydrogen-bond acceptors (Lipinski definition) is 5. The molecule has 38 heavy (non-hydrogen) atoms. The molecule has 2 aromatic rings. The molecule has 0 aromatic heterocycles. The van der Waals surface area contributed by atoms with Crippen molar-refractivity contribution in [3.8, 4) is 6.07 Å². The minimum Gasteiger partial charge on any atom is -0.444 e. The number of para-hydroxylation sites is 1. The third-order valence-electron chi connectivity index (χ3n) is 5.88. The zero-order chi connectivity index (χ0) is 28.6. The molecule has 0 aliphatic rings. The number of ether oxygens (including phenoxy) is 1. The van der Waals surface area contributed by atoms with Crippen molar-refractivity contribution in [3.05, 3.63) is 71.3 Å². The van der Waals surface area contributed by atoms with E-state index in [0.717, 1.165) is 16.7 Å². The molecule has 0 heterocycles. The van der Waals surface area contributed by atoms with Crippen LogP contribution < -0.4 is 10.6 Å². The molecule has 0 spiro atoms. The number of anilines is 1. The number of nitrogens with zero attached hydrogens (tertiary/aromatic N) is 2. The average Bonchev–Trinajstić information content (AvgIpc) is 2.83. The molecule has 2 rings (SSSR count). The number of alkyl carbamates (subject to hydrolysis) is 1. The summed E-state index contributed by atoms with van der Waals surface area (Å²) in [7, 11) is 0. The topological polar surface area (TPSA) is 112 Å². The Morgan fingerprint density at radius 2 is 1.71 bits per heavy atom. The van der Waals surface area contributed by atoms with Gasteiger partial charge in [0.1, 0.15) is 24.2 Å². The van der Waals surface area contributed by atoms with Crippen LogP contribution in [-0.4, -0.2) is 41.0 Å². The fourth-order valence-electron chi connectivity index (χ4n) is 4.03. The van der Waals surface area contributed by atoms with Crippen LogP contribution in [0.4, 0.5) is 10.5 Å². The second-order valence-corrected chi connectivity index (χ2v) is 10.5. The van der Waals surface area contributed by atoms with Crippen LogP contribution >= 0.6 is 0 Å². The summed E-state index contributed by atoms with van der Waals surface area (Å²) in [6, 6.07) is 12.6. The average molecular weight is 519 g/mol. The number of nitrogens with one attached hydrogen (secondary N) is 2.